The molecule has 20 heavy (non-hydrogen) atoms. The van der Waals surface area contributed by atoms with Gasteiger partial charge >= 0.3 is 5.97 Å². The molecule has 1 saturated heterocycles. The molecule has 5 nitrogen and oxygen atoms in total. The topological polar surface area (TPSA) is 69.8 Å². The standard InChI is InChI=1S/C15H23N3O2/c1-3-18-8-4-5-12(18)10-17(2)14-9-11(15(19)20)6-7-13(14)16/h6-7,9,12H,3-5,8,10,16H2,1-2H3,(H,19,20). The van der Waals surface area contributed by atoms with Crippen LogP contribution in [0.5, 0.6) is 0 Å². The summed E-state index contributed by atoms with van der Waals surface area (Å²) in [6, 6.07) is 5.39. The fourth-order valence-electron chi connectivity index (χ4n) is 2.94. The van der Waals surface area contributed by atoms with E-state index in [1.807, 2.05) is 7.05 Å². The number of likely N-dealkylation sites (N-methyl/N-ethyl adjacent to an activating group) is 2. The monoisotopic (exact) mass is 277 g/mol. The zero-order valence-electron chi connectivity index (χ0n) is 12.2. The second kappa shape index (κ2) is 6.13. The van der Waals surface area contributed by atoms with Crippen molar-refractivity contribution in [2.45, 2.75) is 25.8 Å². The maximum absolute atomic E-state index is 11.1. The first kappa shape index (κ1) is 14.7. The average Bonchev–Trinajstić information content (AvgIpc) is 2.86. The lowest BCUT2D eigenvalue weighted by atomic mass is 10.1. The summed E-state index contributed by atoms with van der Waals surface area (Å²) in [6.07, 6.45) is 2.42. The predicted octanol–water partition coefficient (Wildman–Crippen LogP) is 1.89. The molecule has 1 fully saturated rings. The number of carboxylic acids is 1. The van der Waals surface area contributed by atoms with Crippen LogP contribution in [0.25, 0.3) is 0 Å². The van der Waals surface area contributed by atoms with Crippen LogP contribution in [0.3, 0.4) is 0 Å². The number of nitrogen functional groups attached to an aromatic ring is 1. The first-order valence-corrected chi connectivity index (χ1v) is 7.11. The number of anilines is 2. The molecule has 1 atom stereocenters. The van der Waals surface area contributed by atoms with Gasteiger partial charge in [-0.15, -0.1) is 0 Å². The normalized spacial score (nSPS) is 19.2. The average molecular weight is 277 g/mol. The zero-order valence-corrected chi connectivity index (χ0v) is 12.2. The third-order valence-corrected chi connectivity index (χ3v) is 4.08. The van der Waals surface area contributed by atoms with Gasteiger partial charge in [-0.1, -0.05) is 6.92 Å². The van der Waals surface area contributed by atoms with Gasteiger partial charge in [0.15, 0.2) is 0 Å². The van der Waals surface area contributed by atoms with Crippen LogP contribution in [0, 0.1) is 0 Å². The molecule has 3 N–H and O–H groups in total. The summed E-state index contributed by atoms with van der Waals surface area (Å²) in [4.78, 5) is 15.6. The molecule has 0 aliphatic carbocycles. The molecule has 0 saturated carbocycles. The molecular formula is C15H23N3O2. The molecule has 1 aliphatic rings. The Hall–Kier alpha value is -1.75. The number of aromatic carboxylic acids is 1. The number of likely N-dealkylation sites (tertiary alicyclic amines) is 1. The Kier molecular flexibility index (Phi) is 4.49. The summed E-state index contributed by atoms with van der Waals surface area (Å²) in [5.41, 5.74) is 7.68. The highest BCUT2D eigenvalue weighted by Crippen LogP contribution is 2.26. The molecule has 0 aromatic heterocycles. The van der Waals surface area contributed by atoms with Gasteiger partial charge < -0.3 is 15.7 Å². The van der Waals surface area contributed by atoms with Crippen LogP contribution in [-0.2, 0) is 0 Å². The minimum Gasteiger partial charge on any atom is -0.478 e. The summed E-state index contributed by atoms with van der Waals surface area (Å²) < 4.78 is 0. The molecule has 0 spiro atoms. The summed E-state index contributed by atoms with van der Waals surface area (Å²) >= 11 is 0. The SMILES string of the molecule is CCN1CCCC1CN(C)c1cc(C(=O)O)ccc1N. The Morgan fingerprint density at radius 1 is 1.55 bits per heavy atom. The van der Waals surface area contributed by atoms with Crippen LogP contribution in [-0.4, -0.2) is 48.7 Å². The number of rotatable bonds is 5. The summed E-state index contributed by atoms with van der Waals surface area (Å²) in [5, 5.41) is 9.08. The Morgan fingerprint density at radius 3 is 2.95 bits per heavy atom. The van der Waals surface area contributed by atoms with E-state index in [9.17, 15) is 4.79 Å². The number of hydrogen-bond acceptors (Lipinski definition) is 4. The number of carboxylic acid groups (broad SMARTS) is 1. The van der Waals surface area contributed by atoms with Gasteiger partial charge in [0.25, 0.3) is 0 Å². The van der Waals surface area contributed by atoms with Crippen molar-refractivity contribution < 1.29 is 9.90 Å². The lowest BCUT2D eigenvalue weighted by molar-refractivity contribution is 0.0697. The summed E-state index contributed by atoms with van der Waals surface area (Å²) in [6.45, 7) is 5.27. The molecule has 1 heterocycles. The Balaban J connectivity index is 2.14. The molecule has 1 aromatic carbocycles. The first-order chi connectivity index (χ1) is 9.52. The number of benzene rings is 1. The fraction of sp³-hybridized carbons (Fsp3) is 0.533. The second-order valence-electron chi connectivity index (χ2n) is 5.38. The number of nitrogens with zero attached hydrogens (tertiary/aromatic N) is 2. The van der Waals surface area contributed by atoms with Gasteiger partial charge in [-0.25, -0.2) is 4.79 Å². The molecule has 1 unspecified atom stereocenters. The maximum Gasteiger partial charge on any atom is 0.335 e. The number of hydrogen-bond donors (Lipinski definition) is 2. The number of carbonyl (C=O) groups is 1. The molecule has 5 heteroatoms. The van der Waals surface area contributed by atoms with Crippen molar-refractivity contribution in [2.24, 2.45) is 0 Å². The van der Waals surface area contributed by atoms with Crippen molar-refractivity contribution in [1.29, 1.82) is 0 Å². The van der Waals surface area contributed by atoms with Crippen LogP contribution >= 0.6 is 0 Å². The van der Waals surface area contributed by atoms with E-state index in [-0.39, 0.29) is 5.56 Å². The Labute approximate surface area is 120 Å². The minimum absolute atomic E-state index is 0.278. The van der Waals surface area contributed by atoms with Crippen molar-refractivity contribution >= 4 is 17.3 Å². The van der Waals surface area contributed by atoms with E-state index >= 15 is 0 Å². The molecule has 2 rings (SSSR count). The first-order valence-electron chi connectivity index (χ1n) is 7.11. The van der Waals surface area contributed by atoms with E-state index in [0.717, 1.165) is 25.3 Å². The number of nitrogens with two attached hydrogens (primary N) is 1. The van der Waals surface area contributed by atoms with Gasteiger partial charge in [-0.3, -0.25) is 4.90 Å². The Morgan fingerprint density at radius 2 is 2.30 bits per heavy atom. The third kappa shape index (κ3) is 3.04. The van der Waals surface area contributed by atoms with Crippen molar-refractivity contribution in [3.63, 3.8) is 0 Å². The van der Waals surface area contributed by atoms with Crippen molar-refractivity contribution in [3.8, 4) is 0 Å². The highest BCUT2D eigenvalue weighted by molar-refractivity contribution is 5.90. The van der Waals surface area contributed by atoms with Crippen LogP contribution < -0.4 is 10.6 Å². The van der Waals surface area contributed by atoms with Gasteiger partial charge in [0.05, 0.1) is 16.9 Å². The smallest absolute Gasteiger partial charge is 0.335 e. The molecule has 0 radical (unpaired) electrons. The highest BCUT2D eigenvalue weighted by atomic mass is 16.4. The maximum atomic E-state index is 11.1. The van der Waals surface area contributed by atoms with Crippen molar-refractivity contribution in [1.82, 2.24) is 4.90 Å². The minimum atomic E-state index is -0.921. The zero-order chi connectivity index (χ0) is 14.7. The third-order valence-electron chi connectivity index (χ3n) is 4.08. The second-order valence-corrected chi connectivity index (χ2v) is 5.38. The Bertz CT molecular complexity index is 490. The molecular weight excluding hydrogens is 254 g/mol. The van der Waals surface area contributed by atoms with E-state index in [2.05, 4.69) is 16.7 Å². The van der Waals surface area contributed by atoms with Gasteiger partial charge in [-0.05, 0) is 44.1 Å². The van der Waals surface area contributed by atoms with E-state index in [0.29, 0.717) is 11.7 Å². The predicted molar refractivity (Wildman–Crippen MR) is 81.4 cm³/mol. The van der Waals surface area contributed by atoms with Crippen molar-refractivity contribution in [3.05, 3.63) is 23.8 Å². The van der Waals surface area contributed by atoms with Gasteiger partial charge in [0.2, 0.25) is 0 Å². The summed E-state index contributed by atoms with van der Waals surface area (Å²) in [7, 11) is 1.98. The molecule has 1 aliphatic heterocycles. The van der Waals surface area contributed by atoms with Gasteiger partial charge in [-0.2, -0.15) is 0 Å². The molecule has 110 valence electrons. The fourth-order valence-corrected chi connectivity index (χ4v) is 2.94. The highest BCUT2D eigenvalue weighted by Gasteiger charge is 2.24. The van der Waals surface area contributed by atoms with E-state index in [4.69, 9.17) is 10.8 Å². The van der Waals surface area contributed by atoms with Gasteiger partial charge in [0.1, 0.15) is 0 Å². The largest absolute Gasteiger partial charge is 0.478 e. The van der Waals surface area contributed by atoms with Crippen LogP contribution in [0.15, 0.2) is 18.2 Å². The van der Waals surface area contributed by atoms with E-state index < -0.39 is 5.97 Å². The van der Waals surface area contributed by atoms with E-state index in [1.54, 1.807) is 18.2 Å². The van der Waals surface area contributed by atoms with Crippen LogP contribution in [0.4, 0.5) is 11.4 Å². The molecule has 0 bridgehead atoms. The van der Waals surface area contributed by atoms with Gasteiger partial charge in [0, 0.05) is 19.6 Å². The molecule has 1 aromatic rings. The van der Waals surface area contributed by atoms with E-state index in [1.165, 1.54) is 12.8 Å². The lowest BCUT2D eigenvalue weighted by Gasteiger charge is -2.29. The summed E-state index contributed by atoms with van der Waals surface area (Å²) in [5.74, 6) is -0.921. The lowest BCUT2D eigenvalue weighted by Crippen LogP contribution is -2.39. The molecule has 0 amide bonds. The van der Waals surface area contributed by atoms with Crippen molar-refractivity contribution in [2.75, 3.05) is 37.3 Å². The van der Waals surface area contributed by atoms with Crippen LogP contribution in [0.1, 0.15) is 30.1 Å². The van der Waals surface area contributed by atoms with Crippen LogP contribution in [0.2, 0.25) is 0 Å². The quantitative estimate of drug-likeness (QED) is 0.804.